The van der Waals surface area contributed by atoms with E-state index in [0.29, 0.717) is 12.3 Å². The van der Waals surface area contributed by atoms with Crippen molar-refractivity contribution in [2.75, 3.05) is 12.4 Å². The van der Waals surface area contributed by atoms with E-state index in [0.717, 1.165) is 48.2 Å². The number of nitrogens with one attached hydrogen (secondary N) is 1. The highest BCUT2D eigenvalue weighted by Crippen LogP contribution is 2.28. The summed E-state index contributed by atoms with van der Waals surface area (Å²) >= 11 is 1.41. The van der Waals surface area contributed by atoms with Crippen molar-refractivity contribution < 1.29 is 13.9 Å². The van der Waals surface area contributed by atoms with Gasteiger partial charge >= 0.3 is 0 Å². The molecule has 3 rings (SSSR count). The van der Waals surface area contributed by atoms with Gasteiger partial charge in [-0.2, -0.15) is 0 Å². The van der Waals surface area contributed by atoms with E-state index in [-0.39, 0.29) is 18.1 Å². The average molecular weight is 378 g/mol. The van der Waals surface area contributed by atoms with E-state index in [1.54, 1.807) is 6.26 Å². The fourth-order valence-corrected chi connectivity index (χ4v) is 3.68. The van der Waals surface area contributed by atoms with E-state index in [1.165, 1.54) is 11.8 Å². The second-order valence-corrected chi connectivity index (χ2v) is 7.55. The topological polar surface area (TPSA) is 82.2 Å². The number of aryl methyl sites for hydroxylation is 1. The fourth-order valence-electron chi connectivity index (χ4n) is 2.92. The second kappa shape index (κ2) is 8.73. The summed E-state index contributed by atoms with van der Waals surface area (Å²) in [7, 11) is 0. The lowest BCUT2D eigenvalue weighted by molar-refractivity contribution is -0.119. The number of hydrogen-bond donors (Lipinski definition) is 1. The van der Waals surface area contributed by atoms with Crippen molar-refractivity contribution in [3.63, 3.8) is 0 Å². The van der Waals surface area contributed by atoms with Crippen LogP contribution in [0.5, 0.6) is 0 Å². The summed E-state index contributed by atoms with van der Waals surface area (Å²) in [6, 6.07) is 2.08. The van der Waals surface area contributed by atoms with Crippen LogP contribution in [0, 0.1) is 6.92 Å². The van der Waals surface area contributed by atoms with Gasteiger partial charge in [-0.3, -0.25) is 9.36 Å². The summed E-state index contributed by atoms with van der Waals surface area (Å²) in [5.41, 5.74) is 0.923. The lowest BCUT2D eigenvalue weighted by Gasteiger charge is -2.15. The Bertz CT molecular complexity index is 737. The molecule has 3 heterocycles. The van der Waals surface area contributed by atoms with Crippen LogP contribution in [-0.4, -0.2) is 45.2 Å². The maximum Gasteiger partial charge on any atom is 0.230 e. The van der Waals surface area contributed by atoms with E-state index < -0.39 is 0 Å². The van der Waals surface area contributed by atoms with E-state index in [1.807, 2.05) is 19.9 Å². The van der Waals surface area contributed by atoms with Crippen LogP contribution in [-0.2, 0) is 16.1 Å². The number of nitrogens with zero attached hydrogens (tertiary/aromatic N) is 3. The highest BCUT2D eigenvalue weighted by molar-refractivity contribution is 7.99. The first kappa shape index (κ1) is 19.0. The number of furan rings is 1. The highest BCUT2D eigenvalue weighted by atomic mass is 32.2. The first-order chi connectivity index (χ1) is 12.6. The van der Waals surface area contributed by atoms with E-state index >= 15 is 0 Å². The molecule has 2 aromatic heterocycles. The summed E-state index contributed by atoms with van der Waals surface area (Å²) in [6.45, 7) is 7.44. The predicted octanol–water partition coefficient (Wildman–Crippen LogP) is 3.03. The molecule has 0 aromatic carbocycles. The number of rotatable bonds is 8. The molecular weight excluding hydrogens is 352 g/mol. The van der Waals surface area contributed by atoms with Crippen molar-refractivity contribution in [3.05, 3.63) is 18.1 Å². The van der Waals surface area contributed by atoms with Gasteiger partial charge in [-0.25, -0.2) is 0 Å². The molecule has 2 aromatic rings. The van der Waals surface area contributed by atoms with E-state index in [2.05, 4.69) is 27.0 Å². The molecule has 0 aliphatic carbocycles. The van der Waals surface area contributed by atoms with Gasteiger partial charge in [0.2, 0.25) is 5.91 Å². The third kappa shape index (κ3) is 4.48. The Balaban J connectivity index is 1.77. The van der Waals surface area contributed by atoms with E-state index in [4.69, 9.17) is 9.15 Å². The highest BCUT2D eigenvalue weighted by Gasteiger charge is 2.23. The zero-order valence-corrected chi connectivity index (χ0v) is 16.3. The summed E-state index contributed by atoms with van der Waals surface area (Å²) in [5.74, 6) is 1.89. The molecule has 1 aliphatic rings. The third-order valence-electron chi connectivity index (χ3n) is 4.58. The molecule has 0 saturated carbocycles. The molecule has 0 spiro atoms. The first-order valence-corrected chi connectivity index (χ1v) is 10.1. The molecule has 0 bridgehead atoms. The lowest BCUT2D eigenvalue weighted by atomic mass is 10.2. The molecule has 1 N–H and O–H groups in total. The molecule has 1 saturated heterocycles. The molecule has 2 atom stereocenters. The first-order valence-electron chi connectivity index (χ1n) is 9.10. The average Bonchev–Trinajstić information content (AvgIpc) is 3.35. The van der Waals surface area contributed by atoms with Crippen LogP contribution >= 0.6 is 11.8 Å². The summed E-state index contributed by atoms with van der Waals surface area (Å²) in [5, 5.41) is 12.4. The maximum absolute atomic E-state index is 12.1. The van der Waals surface area contributed by atoms with Gasteiger partial charge in [-0.15, -0.1) is 10.2 Å². The molecule has 142 valence electrons. The normalized spacial score (nSPS) is 18.2. The van der Waals surface area contributed by atoms with Crippen molar-refractivity contribution in [1.29, 1.82) is 0 Å². The van der Waals surface area contributed by atoms with Crippen molar-refractivity contribution in [2.24, 2.45) is 0 Å². The number of thioether (sulfide) groups is 1. The van der Waals surface area contributed by atoms with Crippen LogP contribution in [0.15, 0.2) is 21.9 Å². The Hall–Kier alpha value is -1.80. The Morgan fingerprint density at radius 2 is 2.35 bits per heavy atom. The number of carbonyl (C=O) groups is 1. The molecule has 1 aliphatic heterocycles. The number of ether oxygens (including phenoxy) is 1. The van der Waals surface area contributed by atoms with Gasteiger partial charge in [0.05, 0.1) is 30.2 Å². The molecule has 0 unspecified atom stereocenters. The lowest BCUT2D eigenvalue weighted by Crippen LogP contribution is -2.33. The van der Waals surface area contributed by atoms with Crippen molar-refractivity contribution in [2.45, 2.75) is 63.9 Å². The second-order valence-electron chi connectivity index (χ2n) is 6.61. The predicted molar refractivity (Wildman–Crippen MR) is 100 cm³/mol. The number of hydrogen-bond acceptors (Lipinski definition) is 6. The van der Waals surface area contributed by atoms with Crippen LogP contribution in [0.1, 0.15) is 38.9 Å². The SMILES string of the molecule is CC[C@@H](C)NC(=O)CSc1nnc(-c2ccoc2C)n1C[C@H]1CCCO1. The van der Waals surface area contributed by atoms with Gasteiger partial charge in [0, 0.05) is 12.6 Å². The zero-order chi connectivity index (χ0) is 18.5. The van der Waals surface area contributed by atoms with Gasteiger partial charge in [0.25, 0.3) is 0 Å². The van der Waals surface area contributed by atoms with Crippen LogP contribution in [0.2, 0.25) is 0 Å². The van der Waals surface area contributed by atoms with Crippen LogP contribution < -0.4 is 5.32 Å². The summed E-state index contributed by atoms with van der Waals surface area (Å²) in [6.07, 6.45) is 4.83. The Morgan fingerprint density at radius 3 is 3.00 bits per heavy atom. The minimum Gasteiger partial charge on any atom is -0.469 e. The molecule has 7 nitrogen and oxygen atoms in total. The Morgan fingerprint density at radius 1 is 1.50 bits per heavy atom. The number of amides is 1. The third-order valence-corrected chi connectivity index (χ3v) is 5.55. The largest absolute Gasteiger partial charge is 0.469 e. The van der Waals surface area contributed by atoms with Crippen LogP contribution in [0.4, 0.5) is 0 Å². The van der Waals surface area contributed by atoms with E-state index in [9.17, 15) is 4.79 Å². The Kier molecular flexibility index (Phi) is 6.37. The van der Waals surface area contributed by atoms with Gasteiger partial charge < -0.3 is 14.5 Å². The van der Waals surface area contributed by atoms with Crippen molar-refractivity contribution >= 4 is 17.7 Å². The van der Waals surface area contributed by atoms with Gasteiger partial charge in [-0.05, 0) is 39.2 Å². The minimum atomic E-state index is 0.0112. The molecule has 0 radical (unpaired) electrons. The Labute approximate surface area is 157 Å². The molecule has 8 heteroatoms. The van der Waals surface area contributed by atoms with Crippen molar-refractivity contribution in [3.8, 4) is 11.4 Å². The summed E-state index contributed by atoms with van der Waals surface area (Å²) in [4.78, 5) is 12.1. The van der Waals surface area contributed by atoms with Crippen LogP contribution in [0.3, 0.4) is 0 Å². The minimum absolute atomic E-state index is 0.0112. The van der Waals surface area contributed by atoms with Gasteiger partial charge in [-0.1, -0.05) is 18.7 Å². The number of carbonyl (C=O) groups excluding carboxylic acids is 1. The summed E-state index contributed by atoms with van der Waals surface area (Å²) < 4.78 is 13.3. The smallest absolute Gasteiger partial charge is 0.230 e. The molecule has 1 fully saturated rings. The quantitative estimate of drug-likeness (QED) is 0.711. The molecule has 1 amide bonds. The fraction of sp³-hybridized carbons (Fsp3) is 0.611. The monoisotopic (exact) mass is 378 g/mol. The maximum atomic E-state index is 12.1. The molecule has 26 heavy (non-hydrogen) atoms. The van der Waals surface area contributed by atoms with Gasteiger partial charge in [0.15, 0.2) is 11.0 Å². The van der Waals surface area contributed by atoms with Crippen LogP contribution in [0.25, 0.3) is 11.4 Å². The van der Waals surface area contributed by atoms with Crippen molar-refractivity contribution in [1.82, 2.24) is 20.1 Å². The molecular formula is C18H26N4O3S. The standard InChI is InChI=1S/C18H26N4O3S/c1-4-12(2)19-16(23)11-26-18-21-20-17(15-7-9-24-13(15)3)22(18)10-14-6-5-8-25-14/h7,9,12,14H,4-6,8,10-11H2,1-3H3,(H,19,23)/t12-,14-/m1/s1. The zero-order valence-electron chi connectivity index (χ0n) is 15.5. The number of aromatic nitrogens is 3. The van der Waals surface area contributed by atoms with Gasteiger partial charge in [0.1, 0.15) is 5.76 Å².